The first-order valence-electron chi connectivity index (χ1n) is 4.34. The lowest BCUT2D eigenvalue weighted by atomic mass is 10.0. The first kappa shape index (κ1) is 10.8. The summed E-state index contributed by atoms with van der Waals surface area (Å²) in [5.41, 5.74) is 4.65. The monoisotopic (exact) mass is 197 g/mol. The molecule has 14 heavy (non-hydrogen) atoms. The normalized spacial score (nSPS) is 10.3. The smallest absolute Gasteiger partial charge is 0.162 e. The maximum Gasteiger partial charge on any atom is 0.162 e. The molecule has 0 aromatic heterocycles. The van der Waals surface area contributed by atoms with Gasteiger partial charge in [0.25, 0.3) is 0 Å². The summed E-state index contributed by atoms with van der Waals surface area (Å²) in [5.74, 6) is 0.510. The van der Waals surface area contributed by atoms with Gasteiger partial charge in [0.05, 0.1) is 7.11 Å². The Hall–Kier alpha value is -1.26. The van der Waals surface area contributed by atoms with Crippen molar-refractivity contribution in [3.8, 4) is 11.5 Å². The summed E-state index contributed by atoms with van der Waals surface area (Å²) in [4.78, 5) is 0. The molecule has 78 valence electrons. The van der Waals surface area contributed by atoms with E-state index in [1.165, 1.54) is 7.11 Å². The minimum atomic E-state index is 0.0807. The van der Waals surface area contributed by atoms with Crippen LogP contribution < -0.4 is 10.2 Å². The average molecular weight is 197 g/mol. The number of rotatable bonds is 3. The lowest BCUT2D eigenvalue weighted by Crippen LogP contribution is -2.09. The van der Waals surface area contributed by atoms with Gasteiger partial charge in [-0.3, -0.25) is 0 Å². The van der Waals surface area contributed by atoms with E-state index in [9.17, 15) is 5.11 Å². The number of phenolic OH excluding ortho intramolecular Hbond substituents is 1. The van der Waals surface area contributed by atoms with E-state index in [1.807, 2.05) is 19.3 Å². The highest BCUT2D eigenvalue weighted by Crippen LogP contribution is 2.34. The molecule has 0 bridgehead atoms. The van der Waals surface area contributed by atoms with Crippen molar-refractivity contribution >= 4 is 0 Å². The number of hydrogen-bond donors (Lipinski definition) is 3. The average Bonchev–Trinajstić information content (AvgIpc) is 2.18. The van der Waals surface area contributed by atoms with Gasteiger partial charge in [0.1, 0.15) is 0 Å². The predicted octanol–water partition coefficient (Wildman–Crippen LogP) is 1.50. The standard InChI is InChI=1S/C10H15NO3/c1-6-4-9(14-3)10(12)8(5-11-13)7(6)2/h4,11-13H,5H2,1-3H3. The van der Waals surface area contributed by atoms with Gasteiger partial charge in [-0.1, -0.05) is 0 Å². The summed E-state index contributed by atoms with van der Waals surface area (Å²) in [6.07, 6.45) is 0. The fourth-order valence-electron chi connectivity index (χ4n) is 1.39. The first-order chi connectivity index (χ1) is 6.61. The second kappa shape index (κ2) is 4.30. The van der Waals surface area contributed by atoms with Gasteiger partial charge < -0.3 is 15.1 Å². The molecule has 0 spiro atoms. The van der Waals surface area contributed by atoms with Crippen molar-refractivity contribution in [1.82, 2.24) is 5.48 Å². The Morgan fingerprint density at radius 1 is 1.43 bits per heavy atom. The van der Waals surface area contributed by atoms with E-state index in [4.69, 9.17) is 9.94 Å². The third-order valence-corrected chi connectivity index (χ3v) is 2.39. The molecule has 0 fully saturated rings. The fourth-order valence-corrected chi connectivity index (χ4v) is 1.39. The van der Waals surface area contributed by atoms with Crippen LogP contribution in [0.5, 0.6) is 11.5 Å². The van der Waals surface area contributed by atoms with Gasteiger partial charge in [-0.05, 0) is 31.0 Å². The van der Waals surface area contributed by atoms with Crippen molar-refractivity contribution in [3.05, 3.63) is 22.8 Å². The number of hydrogen-bond acceptors (Lipinski definition) is 4. The van der Waals surface area contributed by atoms with E-state index in [1.54, 1.807) is 6.07 Å². The second-order valence-electron chi connectivity index (χ2n) is 3.18. The van der Waals surface area contributed by atoms with Crippen molar-refractivity contribution < 1.29 is 15.1 Å². The van der Waals surface area contributed by atoms with Crippen LogP contribution in [0, 0.1) is 13.8 Å². The quantitative estimate of drug-likeness (QED) is 0.642. The van der Waals surface area contributed by atoms with Crippen molar-refractivity contribution in [2.24, 2.45) is 0 Å². The van der Waals surface area contributed by atoms with E-state index in [-0.39, 0.29) is 12.3 Å². The molecule has 4 nitrogen and oxygen atoms in total. The SMILES string of the molecule is COc1cc(C)c(C)c(CNO)c1O. The van der Waals surface area contributed by atoms with Gasteiger partial charge in [-0.15, -0.1) is 0 Å². The summed E-state index contributed by atoms with van der Waals surface area (Å²) < 4.78 is 5.01. The van der Waals surface area contributed by atoms with E-state index < -0.39 is 0 Å². The highest BCUT2D eigenvalue weighted by molar-refractivity contribution is 5.52. The van der Waals surface area contributed by atoms with Crippen LogP contribution >= 0.6 is 0 Å². The molecule has 0 atom stereocenters. The van der Waals surface area contributed by atoms with E-state index in [0.29, 0.717) is 11.3 Å². The third-order valence-electron chi connectivity index (χ3n) is 2.39. The number of aromatic hydroxyl groups is 1. The van der Waals surface area contributed by atoms with Gasteiger partial charge in [-0.2, -0.15) is 0 Å². The van der Waals surface area contributed by atoms with Crippen molar-refractivity contribution in [1.29, 1.82) is 0 Å². The Morgan fingerprint density at radius 2 is 2.07 bits per heavy atom. The molecule has 0 saturated heterocycles. The molecule has 0 radical (unpaired) electrons. The molecule has 4 heteroatoms. The molecule has 0 heterocycles. The van der Waals surface area contributed by atoms with Crippen LogP contribution in [0.3, 0.4) is 0 Å². The highest BCUT2D eigenvalue weighted by atomic mass is 16.5. The van der Waals surface area contributed by atoms with Gasteiger partial charge >= 0.3 is 0 Å². The second-order valence-corrected chi connectivity index (χ2v) is 3.18. The zero-order valence-corrected chi connectivity index (χ0v) is 8.59. The van der Waals surface area contributed by atoms with E-state index in [0.717, 1.165) is 11.1 Å². The van der Waals surface area contributed by atoms with Gasteiger partial charge in [0.2, 0.25) is 0 Å². The van der Waals surface area contributed by atoms with Crippen molar-refractivity contribution in [2.45, 2.75) is 20.4 Å². The molecule has 1 rings (SSSR count). The Bertz CT molecular complexity index is 337. The lowest BCUT2D eigenvalue weighted by Gasteiger charge is -2.13. The number of hydroxylamine groups is 1. The summed E-state index contributed by atoms with van der Waals surface area (Å²) in [6.45, 7) is 4.02. The van der Waals surface area contributed by atoms with Gasteiger partial charge in [0.15, 0.2) is 11.5 Å². The van der Waals surface area contributed by atoms with Crippen LogP contribution in [-0.4, -0.2) is 17.4 Å². The van der Waals surface area contributed by atoms with E-state index in [2.05, 4.69) is 0 Å². The molecule has 3 N–H and O–H groups in total. The zero-order chi connectivity index (χ0) is 10.7. The van der Waals surface area contributed by atoms with Crippen molar-refractivity contribution in [2.75, 3.05) is 7.11 Å². The van der Waals surface area contributed by atoms with Crippen LogP contribution in [0.2, 0.25) is 0 Å². The van der Waals surface area contributed by atoms with Gasteiger partial charge in [-0.25, -0.2) is 5.48 Å². The number of nitrogens with one attached hydrogen (secondary N) is 1. The van der Waals surface area contributed by atoms with Crippen LogP contribution in [0.25, 0.3) is 0 Å². The number of phenols is 1. The zero-order valence-electron chi connectivity index (χ0n) is 8.59. The van der Waals surface area contributed by atoms with E-state index >= 15 is 0 Å². The van der Waals surface area contributed by atoms with Gasteiger partial charge in [0, 0.05) is 12.1 Å². The Labute approximate surface area is 83.1 Å². The molecule has 0 unspecified atom stereocenters. The minimum Gasteiger partial charge on any atom is -0.504 e. The molecule has 0 saturated carbocycles. The Balaban J connectivity index is 3.29. The Kier molecular flexibility index (Phi) is 3.33. The molecule has 0 aliphatic rings. The number of benzene rings is 1. The molecular formula is C10H15NO3. The predicted molar refractivity (Wildman–Crippen MR) is 52.8 cm³/mol. The Morgan fingerprint density at radius 3 is 2.57 bits per heavy atom. The minimum absolute atomic E-state index is 0.0807. The highest BCUT2D eigenvalue weighted by Gasteiger charge is 2.12. The third kappa shape index (κ3) is 1.81. The molecular weight excluding hydrogens is 182 g/mol. The number of methoxy groups -OCH3 is 1. The number of aryl methyl sites for hydroxylation is 1. The maximum absolute atomic E-state index is 9.75. The molecule has 0 amide bonds. The fraction of sp³-hybridized carbons (Fsp3) is 0.400. The summed E-state index contributed by atoms with van der Waals surface area (Å²) in [6, 6.07) is 1.77. The largest absolute Gasteiger partial charge is 0.504 e. The summed E-state index contributed by atoms with van der Waals surface area (Å²) in [5, 5.41) is 18.4. The number of ether oxygens (including phenoxy) is 1. The molecule has 1 aromatic rings. The van der Waals surface area contributed by atoms with Crippen molar-refractivity contribution in [3.63, 3.8) is 0 Å². The topological polar surface area (TPSA) is 61.7 Å². The first-order valence-corrected chi connectivity index (χ1v) is 4.34. The summed E-state index contributed by atoms with van der Waals surface area (Å²) >= 11 is 0. The lowest BCUT2D eigenvalue weighted by molar-refractivity contribution is 0.159. The molecule has 0 aliphatic heterocycles. The van der Waals surface area contributed by atoms with Crippen LogP contribution in [0.4, 0.5) is 0 Å². The molecule has 0 aliphatic carbocycles. The maximum atomic E-state index is 9.75. The van der Waals surface area contributed by atoms with Crippen LogP contribution in [0.1, 0.15) is 16.7 Å². The summed E-state index contributed by atoms with van der Waals surface area (Å²) in [7, 11) is 1.50. The van der Waals surface area contributed by atoms with Crippen LogP contribution in [0.15, 0.2) is 6.07 Å². The molecule has 1 aromatic carbocycles. The van der Waals surface area contributed by atoms with Crippen LogP contribution in [-0.2, 0) is 6.54 Å².